The Balaban J connectivity index is 3.42. The van der Waals surface area contributed by atoms with Gasteiger partial charge in [0.15, 0.2) is 0 Å². The van der Waals surface area contributed by atoms with Gasteiger partial charge in [0.05, 0.1) is 5.75 Å². The van der Waals surface area contributed by atoms with Gasteiger partial charge >= 0.3 is 0 Å². The zero-order valence-corrected chi connectivity index (χ0v) is 5.11. The van der Waals surface area contributed by atoms with Crippen LogP contribution < -0.4 is 5.73 Å². The number of nitrogens with one attached hydrogen (secondary N) is 1. The first kappa shape index (κ1) is 7.87. The minimum atomic E-state index is -3.81. The second-order valence-corrected chi connectivity index (χ2v) is 2.96. The molecule has 0 atom stereocenters. The van der Waals surface area contributed by atoms with Gasteiger partial charge in [0, 0.05) is 6.54 Å². The average Bonchev–Trinajstić information content (AvgIpc) is 1.59. The van der Waals surface area contributed by atoms with Crippen molar-refractivity contribution in [3.63, 3.8) is 0 Å². The molecule has 4 nitrogen and oxygen atoms in total. The maximum atomic E-state index is 9.86. The summed E-state index contributed by atoms with van der Waals surface area (Å²) < 4.78 is 27.8. The van der Waals surface area contributed by atoms with Crippen molar-refractivity contribution >= 4 is 10.1 Å². The fourth-order valence-corrected chi connectivity index (χ4v) is 0.764. The fourth-order valence-electron chi connectivity index (χ4n) is 0.255. The Morgan fingerprint density at radius 3 is 2.12 bits per heavy atom. The summed E-state index contributed by atoms with van der Waals surface area (Å²) in [6.07, 6.45) is 0.207. The van der Waals surface area contributed by atoms with Crippen molar-refractivity contribution in [2.24, 2.45) is 0 Å². The van der Waals surface area contributed by atoms with Gasteiger partial charge in [0.1, 0.15) is 0 Å². The molecule has 0 fully saturated rings. The standard InChI is InChI=1S/C3H8NO3S/c4-2-1-3-8(5,6)7/h4H,1-3H2,(H,5,6,7). The highest BCUT2D eigenvalue weighted by Gasteiger charge is 2.00. The Bertz CT molecular complexity index is 139. The molecule has 0 saturated carbocycles. The van der Waals surface area contributed by atoms with Crippen LogP contribution in [0.5, 0.6) is 0 Å². The number of rotatable bonds is 3. The molecule has 0 spiro atoms. The van der Waals surface area contributed by atoms with Gasteiger partial charge in [-0.15, -0.1) is 0 Å². The Morgan fingerprint density at radius 2 is 2.00 bits per heavy atom. The van der Waals surface area contributed by atoms with Crippen molar-refractivity contribution in [2.45, 2.75) is 6.42 Å². The van der Waals surface area contributed by atoms with Crippen LogP contribution in [0.2, 0.25) is 0 Å². The second-order valence-electron chi connectivity index (χ2n) is 1.39. The molecular formula is C3H8NO3S. The lowest BCUT2D eigenvalue weighted by Crippen LogP contribution is -2.05. The van der Waals surface area contributed by atoms with E-state index in [1.165, 1.54) is 0 Å². The zero-order valence-electron chi connectivity index (χ0n) is 4.29. The maximum Gasteiger partial charge on any atom is 0.264 e. The van der Waals surface area contributed by atoms with Gasteiger partial charge in [-0.05, 0) is 6.42 Å². The van der Waals surface area contributed by atoms with Gasteiger partial charge in [-0.3, -0.25) is 10.3 Å². The lowest BCUT2D eigenvalue weighted by atomic mass is 10.5. The Kier molecular flexibility index (Phi) is 2.96. The van der Waals surface area contributed by atoms with Crippen LogP contribution in [0.3, 0.4) is 0 Å². The molecule has 0 aromatic heterocycles. The SMILES string of the molecule is [NH]CCCS(=O)(=O)O. The van der Waals surface area contributed by atoms with E-state index in [4.69, 9.17) is 10.3 Å². The van der Waals surface area contributed by atoms with Gasteiger partial charge in [0.25, 0.3) is 10.1 Å². The summed E-state index contributed by atoms with van der Waals surface area (Å²) in [4.78, 5) is 0. The highest BCUT2D eigenvalue weighted by Crippen LogP contribution is 1.84. The van der Waals surface area contributed by atoms with Crippen LogP contribution in [0.4, 0.5) is 0 Å². The molecule has 0 aromatic rings. The summed E-state index contributed by atoms with van der Waals surface area (Å²) in [5.41, 5.74) is 6.51. The van der Waals surface area contributed by atoms with E-state index in [1.807, 2.05) is 0 Å². The molecule has 0 amide bonds. The molecular weight excluding hydrogens is 130 g/mol. The lowest BCUT2D eigenvalue weighted by Gasteiger charge is -1.89. The van der Waals surface area contributed by atoms with E-state index in [0.29, 0.717) is 0 Å². The topological polar surface area (TPSA) is 78.2 Å². The maximum absolute atomic E-state index is 9.86. The molecule has 0 aliphatic heterocycles. The first-order valence-corrected chi connectivity index (χ1v) is 3.77. The van der Waals surface area contributed by atoms with E-state index in [0.717, 1.165) is 0 Å². The first-order valence-electron chi connectivity index (χ1n) is 2.16. The highest BCUT2D eigenvalue weighted by molar-refractivity contribution is 7.85. The van der Waals surface area contributed by atoms with Gasteiger partial charge in [-0.25, -0.2) is 0 Å². The predicted octanol–water partition coefficient (Wildman–Crippen LogP) is -0.453. The molecule has 0 bridgehead atoms. The summed E-state index contributed by atoms with van der Waals surface area (Å²) in [7, 11) is -3.81. The third-order valence-electron chi connectivity index (χ3n) is 0.579. The van der Waals surface area contributed by atoms with Gasteiger partial charge in [-0.1, -0.05) is 0 Å². The molecule has 49 valence electrons. The molecule has 5 heteroatoms. The Morgan fingerprint density at radius 1 is 1.50 bits per heavy atom. The van der Waals surface area contributed by atoms with Crippen molar-refractivity contribution in [3.05, 3.63) is 0 Å². The Hall–Kier alpha value is -0.130. The minimum absolute atomic E-state index is 0.0415. The van der Waals surface area contributed by atoms with Crippen LogP contribution in [0, 0.1) is 0 Å². The first-order chi connectivity index (χ1) is 3.56. The highest BCUT2D eigenvalue weighted by atomic mass is 32.2. The smallest absolute Gasteiger partial charge is 0.264 e. The van der Waals surface area contributed by atoms with Gasteiger partial charge in [0.2, 0.25) is 0 Å². The molecule has 1 radical (unpaired) electrons. The number of hydrogen-bond acceptors (Lipinski definition) is 2. The number of hydrogen-bond donors (Lipinski definition) is 1. The van der Waals surface area contributed by atoms with E-state index < -0.39 is 10.1 Å². The average molecular weight is 138 g/mol. The zero-order chi connectivity index (χ0) is 6.62. The molecule has 2 N–H and O–H groups in total. The van der Waals surface area contributed by atoms with E-state index in [1.54, 1.807) is 0 Å². The molecule has 0 rings (SSSR count). The van der Waals surface area contributed by atoms with Crippen molar-refractivity contribution < 1.29 is 13.0 Å². The largest absolute Gasteiger partial charge is 0.286 e. The van der Waals surface area contributed by atoms with Gasteiger partial charge in [-0.2, -0.15) is 8.42 Å². The molecule has 0 aromatic carbocycles. The molecule has 0 aliphatic carbocycles. The van der Waals surface area contributed by atoms with Crippen LogP contribution in [-0.4, -0.2) is 25.3 Å². The summed E-state index contributed by atoms with van der Waals surface area (Å²) in [5, 5.41) is 0. The molecule has 8 heavy (non-hydrogen) atoms. The second kappa shape index (κ2) is 3.01. The summed E-state index contributed by atoms with van der Waals surface area (Å²) >= 11 is 0. The third-order valence-corrected chi connectivity index (χ3v) is 1.38. The van der Waals surface area contributed by atoms with Crippen molar-refractivity contribution in [1.29, 1.82) is 0 Å². The molecule has 0 heterocycles. The summed E-state index contributed by atoms with van der Waals surface area (Å²) in [5.74, 6) is -0.295. The van der Waals surface area contributed by atoms with Gasteiger partial charge < -0.3 is 0 Å². The van der Waals surface area contributed by atoms with Crippen LogP contribution in [0.1, 0.15) is 6.42 Å². The lowest BCUT2D eigenvalue weighted by molar-refractivity contribution is 0.481. The Labute approximate surface area is 48.4 Å². The predicted molar refractivity (Wildman–Crippen MR) is 29.0 cm³/mol. The van der Waals surface area contributed by atoms with Crippen molar-refractivity contribution in [2.75, 3.05) is 12.3 Å². The third kappa shape index (κ3) is 5.87. The van der Waals surface area contributed by atoms with E-state index >= 15 is 0 Å². The monoisotopic (exact) mass is 138 g/mol. The summed E-state index contributed by atoms with van der Waals surface area (Å²) in [6.45, 7) is 0.0415. The molecule has 0 saturated heterocycles. The fraction of sp³-hybridized carbons (Fsp3) is 1.00. The van der Waals surface area contributed by atoms with Crippen LogP contribution in [0.25, 0.3) is 0 Å². The van der Waals surface area contributed by atoms with Crippen molar-refractivity contribution in [3.8, 4) is 0 Å². The minimum Gasteiger partial charge on any atom is -0.286 e. The van der Waals surface area contributed by atoms with E-state index in [-0.39, 0.29) is 18.7 Å². The molecule has 0 aliphatic rings. The molecule has 0 unspecified atom stereocenters. The quantitative estimate of drug-likeness (QED) is 0.536. The van der Waals surface area contributed by atoms with Crippen LogP contribution >= 0.6 is 0 Å². The van der Waals surface area contributed by atoms with Crippen LogP contribution in [0.15, 0.2) is 0 Å². The van der Waals surface area contributed by atoms with E-state index in [9.17, 15) is 8.42 Å². The van der Waals surface area contributed by atoms with Crippen LogP contribution in [-0.2, 0) is 10.1 Å². The van der Waals surface area contributed by atoms with E-state index in [2.05, 4.69) is 0 Å². The van der Waals surface area contributed by atoms with Crippen molar-refractivity contribution in [1.82, 2.24) is 5.73 Å². The normalized spacial score (nSPS) is 11.8. The summed E-state index contributed by atoms with van der Waals surface area (Å²) in [6, 6.07) is 0.